The van der Waals surface area contributed by atoms with Crippen molar-refractivity contribution in [1.82, 2.24) is 0 Å². The van der Waals surface area contributed by atoms with Gasteiger partial charge in [0.25, 0.3) is 0 Å². The van der Waals surface area contributed by atoms with Crippen LogP contribution in [0.5, 0.6) is 0 Å². The van der Waals surface area contributed by atoms with Gasteiger partial charge in [0, 0.05) is 0 Å². The van der Waals surface area contributed by atoms with Gasteiger partial charge in [-0.05, 0) is 125 Å². The lowest BCUT2D eigenvalue weighted by Gasteiger charge is -2.59. The van der Waals surface area contributed by atoms with Crippen LogP contribution in [0.3, 0.4) is 0 Å². The van der Waals surface area contributed by atoms with Gasteiger partial charge in [-0.1, -0.05) is 38.0 Å². The van der Waals surface area contributed by atoms with Gasteiger partial charge in [0.15, 0.2) is 0 Å². The lowest BCUT2D eigenvalue weighted by atomic mass is 9.46. The first-order valence-electron chi connectivity index (χ1n) is 12.6. The summed E-state index contributed by atoms with van der Waals surface area (Å²) in [5.74, 6) is 3.90. The Balaban J connectivity index is 1.53. The van der Waals surface area contributed by atoms with Crippen LogP contribution in [0.15, 0.2) is 23.8 Å². The lowest BCUT2D eigenvalue weighted by molar-refractivity contribution is -0.104. The molecule has 0 bridgehead atoms. The van der Waals surface area contributed by atoms with E-state index in [9.17, 15) is 5.11 Å². The van der Waals surface area contributed by atoms with Crippen molar-refractivity contribution >= 4 is 0 Å². The second-order valence-corrected chi connectivity index (χ2v) is 12.4. The van der Waals surface area contributed by atoms with E-state index < -0.39 is 5.60 Å². The lowest BCUT2D eigenvalue weighted by Crippen LogP contribution is -2.52. The van der Waals surface area contributed by atoms with Gasteiger partial charge in [0.05, 0.1) is 5.60 Å². The Morgan fingerprint density at radius 3 is 2.66 bits per heavy atom. The summed E-state index contributed by atoms with van der Waals surface area (Å²) in [5, 5.41) is 11.6. The number of hydrogen-bond acceptors (Lipinski definition) is 1. The molecule has 4 aliphatic carbocycles. The minimum atomic E-state index is -0.522. The van der Waals surface area contributed by atoms with Crippen LogP contribution < -0.4 is 0 Å². The Morgan fingerprint density at radius 2 is 1.93 bits per heavy atom. The molecule has 0 amide bonds. The third-order valence-electron chi connectivity index (χ3n) is 10.4. The maximum Gasteiger partial charge on any atom is 0.0653 e. The van der Waals surface area contributed by atoms with Crippen LogP contribution in [0.25, 0.3) is 0 Å². The molecule has 0 spiro atoms. The van der Waals surface area contributed by atoms with E-state index in [0.29, 0.717) is 16.7 Å². The second kappa shape index (κ2) is 7.54. The highest BCUT2D eigenvalue weighted by atomic mass is 16.3. The average Bonchev–Trinajstić information content (AvgIpc) is 3.00. The molecule has 0 unspecified atom stereocenters. The second-order valence-electron chi connectivity index (χ2n) is 12.4. The molecule has 0 aliphatic heterocycles. The molecule has 0 heterocycles. The molecule has 0 aromatic carbocycles. The SMILES string of the molecule is C=C(C)CCC[C@](C)(O)[C@H]1CC[C@H]2[C@@H]3CC=C4C[C@@H](C)CC[C@]4(C)[C@H]3CC[C@@]21C. The Labute approximate surface area is 180 Å². The highest BCUT2D eigenvalue weighted by Crippen LogP contribution is 2.67. The van der Waals surface area contributed by atoms with Crippen LogP contribution in [-0.2, 0) is 0 Å². The Hall–Kier alpha value is -0.560. The summed E-state index contributed by atoms with van der Waals surface area (Å²) in [5.41, 5.74) is 3.33. The molecule has 1 N–H and O–H groups in total. The first-order valence-corrected chi connectivity index (χ1v) is 12.6. The van der Waals surface area contributed by atoms with E-state index in [1.165, 1.54) is 56.9 Å². The highest BCUT2D eigenvalue weighted by Gasteiger charge is 2.61. The molecule has 0 radical (unpaired) electrons. The molecule has 1 heteroatoms. The first-order chi connectivity index (χ1) is 13.6. The number of aliphatic hydroxyl groups is 1. The maximum atomic E-state index is 11.6. The number of allylic oxidation sites excluding steroid dienone is 3. The van der Waals surface area contributed by atoms with Gasteiger partial charge in [0.1, 0.15) is 0 Å². The normalized spacial score (nSPS) is 46.1. The Kier molecular flexibility index (Phi) is 5.63. The van der Waals surface area contributed by atoms with Crippen LogP contribution >= 0.6 is 0 Å². The molecular formula is C28H46O. The molecule has 1 nitrogen and oxygen atoms in total. The summed E-state index contributed by atoms with van der Waals surface area (Å²) in [6.45, 7) is 15.9. The molecule has 8 atom stereocenters. The molecule has 0 aromatic rings. The average molecular weight is 399 g/mol. The predicted octanol–water partition coefficient (Wildman–Crippen LogP) is 7.70. The fourth-order valence-corrected chi connectivity index (χ4v) is 8.79. The standard InChI is InChI=1S/C28H46O/c1-19(2)8-7-15-28(6,29)25-12-11-23-22-10-9-21-18-20(3)13-16-26(21,4)24(22)14-17-27(23,25)5/h9,20,22-25,29H,1,7-8,10-18H2,2-6H3/t20-,22-,23-,24-,25-,26-,27-,28-/m0/s1. The predicted molar refractivity (Wildman–Crippen MR) is 124 cm³/mol. The van der Waals surface area contributed by atoms with Crippen molar-refractivity contribution in [3.05, 3.63) is 23.8 Å². The maximum absolute atomic E-state index is 11.6. The topological polar surface area (TPSA) is 20.2 Å². The fourth-order valence-electron chi connectivity index (χ4n) is 8.79. The number of rotatable bonds is 5. The summed E-state index contributed by atoms with van der Waals surface area (Å²) in [6.07, 6.45) is 16.5. The zero-order valence-corrected chi connectivity index (χ0v) is 19.9. The van der Waals surface area contributed by atoms with E-state index in [0.717, 1.165) is 42.9 Å². The summed E-state index contributed by atoms with van der Waals surface area (Å²) < 4.78 is 0. The van der Waals surface area contributed by atoms with Gasteiger partial charge in [-0.3, -0.25) is 0 Å². The zero-order chi connectivity index (χ0) is 21.0. The molecule has 3 fully saturated rings. The van der Waals surface area contributed by atoms with Crippen molar-refractivity contribution < 1.29 is 5.11 Å². The fraction of sp³-hybridized carbons (Fsp3) is 0.857. The van der Waals surface area contributed by atoms with Gasteiger partial charge in [0.2, 0.25) is 0 Å². The molecule has 0 saturated heterocycles. The monoisotopic (exact) mass is 398 g/mol. The van der Waals surface area contributed by atoms with E-state index in [-0.39, 0.29) is 0 Å². The molecule has 0 aromatic heterocycles. The quantitative estimate of drug-likeness (QED) is 0.470. The molecule has 4 aliphatic rings. The van der Waals surface area contributed by atoms with E-state index >= 15 is 0 Å². The summed E-state index contributed by atoms with van der Waals surface area (Å²) in [6, 6.07) is 0. The Morgan fingerprint density at radius 1 is 1.17 bits per heavy atom. The van der Waals surface area contributed by atoms with Crippen LogP contribution in [-0.4, -0.2) is 10.7 Å². The van der Waals surface area contributed by atoms with E-state index in [2.05, 4.69) is 47.3 Å². The van der Waals surface area contributed by atoms with E-state index in [1.54, 1.807) is 0 Å². The highest BCUT2D eigenvalue weighted by molar-refractivity contribution is 5.25. The summed E-state index contributed by atoms with van der Waals surface area (Å²) in [4.78, 5) is 0. The van der Waals surface area contributed by atoms with Crippen molar-refractivity contribution in [3.8, 4) is 0 Å². The summed E-state index contributed by atoms with van der Waals surface area (Å²) >= 11 is 0. The van der Waals surface area contributed by atoms with Crippen LogP contribution in [0.2, 0.25) is 0 Å². The molecule has 3 saturated carbocycles. The van der Waals surface area contributed by atoms with Gasteiger partial charge < -0.3 is 5.11 Å². The number of fused-ring (bicyclic) bond motifs is 5. The molecule has 4 rings (SSSR count). The minimum Gasteiger partial charge on any atom is -0.390 e. The van der Waals surface area contributed by atoms with Gasteiger partial charge in [-0.25, -0.2) is 0 Å². The zero-order valence-electron chi connectivity index (χ0n) is 19.9. The minimum absolute atomic E-state index is 0.331. The molecule has 164 valence electrons. The van der Waals surface area contributed by atoms with Gasteiger partial charge in [-0.2, -0.15) is 0 Å². The smallest absolute Gasteiger partial charge is 0.0653 e. The van der Waals surface area contributed by atoms with Crippen LogP contribution in [0, 0.1) is 40.4 Å². The van der Waals surface area contributed by atoms with Crippen molar-refractivity contribution in [2.75, 3.05) is 0 Å². The number of hydrogen-bond donors (Lipinski definition) is 1. The third-order valence-corrected chi connectivity index (χ3v) is 10.4. The first kappa shape index (κ1) is 21.7. The Bertz CT molecular complexity index is 672. The molecular weight excluding hydrogens is 352 g/mol. The van der Waals surface area contributed by atoms with E-state index in [4.69, 9.17) is 0 Å². The van der Waals surface area contributed by atoms with Gasteiger partial charge >= 0.3 is 0 Å². The van der Waals surface area contributed by atoms with Crippen molar-refractivity contribution in [2.24, 2.45) is 40.4 Å². The van der Waals surface area contributed by atoms with Crippen molar-refractivity contribution in [3.63, 3.8) is 0 Å². The van der Waals surface area contributed by atoms with Gasteiger partial charge in [-0.15, -0.1) is 6.58 Å². The van der Waals surface area contributed by atoms with Crippen molar-refractivity contribution in [1.29, 1.82) is 0 Å². The third kappa shape index (κ3) is 3.58. The van der Waals surface area contributed by atoms with E-state index in [1.807, 2.05) is 5.57 Å². The van der Waals surface area contributed by atoms with Crippen molar-refractivity contribution in [2.45, 2.75) is 111 Å². The largest absolute Gasteiger partial charge is 0.390 e. The van der Waals surface area contributed by atoms with Crippen LogP contribution in [0.1, 0.15) is 105 Å². The van der Waals surface area contributed by atoms with Crippen LogP contribution in [0.4, 0.5) is 0 Å². The molecule has 29 heavy (non-hydrogen) atoms. The summed E-state index contributed by atoms with van der Waals surface area (Å²) in [7, 11) is 0.